The van der Waals surface area contributed by atoms with E-state index >= 15 is 0 Å². The minimum Gasteiger partial charge on any atom is -0.351 e. The molecule has 1 atom stereocenters. The highest BCUT2D eigenvalue weighted by molar-refractivity contribution is 9.10. The fraction of sp³-hybridized carbons (Fsp3) is 0.300. The summed E-state index contributed by atoms with van der Waals surface area (Å²) in [6.07, 6.45) is 0. The zero-order valence-corrected chi connectivity index (χ0v) is 9.84. The molecule has 1 amide bonds. The van der Waals surface area contributed by atoms with Crippen molar-refractivity contribution in [3.63, 3.8) is 0 Å². The predicted octanol–water partition coefficient (Wildman–Crippen LogP) is 1.55. The van der Waals surface area contributed by atoms with Crippen LogP contribution in [0, 0.1) is 5.82 Å². The Kier molecular flexibility index (Phi) is 4.23. The largest absolute Gasteiger partial charge is 0.351 e. The minimum atomic E-state index is -0.558. The molecule has 0 saturated heterocycles. The molecular weight excluding hydrogens is 263 g/mol. The van der Waals surface area contributed by atoms with E-state index in [2.05, 4.69) is 21.2 Å². The van der Waals surface area contributed by atoms with E-state index in [-0.39, 0.29) is 18.3 Å². The lowest BCUT2D eigenvalue weighted by molar-refractivity contribution is -0.122. The summed E-state index contributed by atoms with van der Waals surface area (Å²) >= 11 is 3.27. The maximum atomic E-state index is 12.9. The Bertz CT molecular complexity index is 368. The second-order valence-electron chi connectivity index (χ2n) is 3.24. The van der Waals surface area contributed by atoms with Crippen molar-refractivity contribution in [2.75, 3.05) is 0 Å². The molecule has 0 heterocycles. The van der Waals surface area contributed by atoms with Gasteiger partial charge >= 0.3 is 0 Å². The van der Waals surface area contributed by atoms with E-state index in [0.29, 0.717) is 5.56 Å². The third kappa shape index (κ3) is 3.60. The Morgan fingerprint density at radius 2 is 2.33 bits per heavy atom. The first-order valence-electron chi connectivity index (χ1n) is 4.48. The normalized spacial score (nSPS) is 12.3. The van der Waals surface area contributed by atoms with Gasteiger partial charge in [0.15, 0.2) is 0 Å². The van der Waals surface area contributed by atoms with E-state index in [4.69, 9.17) is 5.73 Å². The molecule has 15 heavy (non-hydrogen) atoms. The molecular formula is C10H12BrFN2O. The first-order valence-corrected chi connectivity index (χ1v) is 5.27. The van der Waals surface area contributed by atoms with Crippen LogP contribution in [0.1, 0.15) is 12.5 Å². The van der Waals surface area contributed by atoms with Gasteiger partial charge in [0.1, 0.15) is 5.82 Å². The van der Waals surface area contributed by atoms with Gasteiger partial charge in [0.05, 0.1) is 6.04 Å². The van der Waals surface area contributed by atoms with Gasteiger partial charge in [-0.15, -0.1) is 0 Å². The topological polar surface area (TPSA) is 55.1 Å². The Balaban J connectivity index is 2.65. The third-order valence-corrected chi connectivity index (χ3v) is 2.65. The number of nitrogens with one attached hydrogen (secondary N) is 1. The summed E-state index contributed by atoms with van der Waals surface area (Å²) in [5.74, 6) is -0.589. The number of carbonyl (C=O) groups is 1. The number of rotatable bonds is 3. The van der Waals surface area contributed by atoms with Crippen molar-refractivity contribution in [1.82, 2.24) is 5.32 Å². The summed E-state index contributed by atoms with van der Waals surface area (Å²) in [4.78, 5) is 11.2. The molecule has 82 valence electrons. The standard InChI is InChI=1S/C10H12BrFN2O/c1-6(13)10(15)14-5-7-4-8(12)2-3-9(7)11/h2-4,6H,5,13H2,1H3,(H,14,15). The molecule has 0 aliphatic rings. The summed E-state index contributed by atoms with van der Waals surface area (Å²) < 4.78 is 13.6. The molecule has 0 fully saturated rings. The lowest BCUT2D eigenvalue weighted by Gasteiger charge is -2.09. The van der Waals surface area contributed by atoms with Crippen LogP contribution >= 0.6 is 15.9 Å². The summed E-state index contributed by atoms with van der Waals surface area (Å²) in [5.41, 5.74) is 6.05. The molecule has 1 aromatic rings. The molecule has 0 radical (unpaired) electrons. The Morgan fingerprint density at radius 3 is 2.93 bits per heavy atom. The van der Waals surface area contributed by atoms with Gasteiger partial charge in [-0.2, -0.15) is 0 Å². The van der Waals surface area contributed by atoms with Crippen LogP contribution in [0.25, 0.3) is 0 Å². The third-order valence-electron chi connectivity index (χ3n) is 1.87. The van der Waals surface area contributed by atoms with Gasteiger partial charge in [0, 0.05) is 11.0 Å². The van der Waals surface area contributed by atoms with Crippen LogP contribution in [0.3, 0.4) is 0 Å². The van der Waals surface area contributed by atoms with Crippen LogP contribution in [-0.2, 0) is 11.3 Å². The second kappa shape index (κ2) is 5.23. The number of hydrogen-bond acceptors (Lipinski definition) is 2. The maximum absolute atomic E-state index is 12.9. The number of benzene rings is 1. The first kappa shape index (κ1) is 12.1. The van der Waals surface area contributed by atoms with E-state index in [0.717, 1.165) is 4.47 Å². The van der Waals surface area contributed by atoms with E-state index in [1.807, 2.05) is 0 Å². The molecule has 3 nitrogen and oxygen atoms in total. The fourth-order valence-corrected chi connectivity index (χ4v) is 1.41. The molecule has 1 unspecified atom stereocenters. The highest BCUT2D eigenvalue weighted by Gasteiger charge is 2.08. The number of nitrogens with two attached hydrogens (primary N) is 1. The molecule has 1 aromatic carbocycles. The van der Waals surface area contributed by atoms with E-state index < -0.39 is 6.04 Å². The van der Waals surface area contributed by atoms with Gasteiger partial charge in [-0.1, -0.05) is 15.9 Å². The van der Waals surface area contributed by atoms with Gasteiger partial charge in [-0.3, -0.25) is 4.79 Å². The highest BCUT2D eigenvalue weighted by Crippen LogP contribution is 2.17. The summed E-state index contributed by atoms with van der Waals surface area (Å²) in [6.45, 7) is 1.86. The Hall–Kier alpha value is -0.940. The number of hydrogen-bond donors (Lipinski definition) is 2. The number of amides is 1. The van der Waals surface area contributed by atoms with Crippen LogP contribution in [-0.4, -0.2) is 11.9 Å². The highest BCUT2D eigenvalue weighted by atomic mass is 79.9. The summed E-state index contributed by atoms with van der Waals surface area (Å²) in [7, 11) is 0. The molecule has 0 aliphatic carbocycles. The molecule has 0 saturated carbocycles. The van der Waals surface area contributed by atoms with Crippen molar-refractivity contribution in [3.8, 4) is 0 Å². The van der Waals surface area contributed by atoms with Crippen molar-refractivity contribution in [2.24, 2.45) is 5.73 Å². The summed E-state index contributed by atoms with van der Waals surface area (Å²) in [5, 5.41) is 2.61. The van der Waals surface area contributed by atoms with E-state index in [1.54, 1.807) is 13.0 Å². The molecule has 1 rings (SSSR count). The van der Waals surface area contributed by atoms with Gasteiger partial charge in [-0.25, -0.2) is 4.39 Å². The lowest BCUT2D eigenvalue weighted by atomic mass is 10.2. The summed E-state index contributed by atoms with van der Waals surface area (Å²) in [6, 6.07) is 3.76. The molecule has 0 aliphatic heterocycles. The Morgan fingerprint density at radius 1 is 1.67 bits per heavy atom. The smallest absolute Gasteiger partial charge is 0.236 e. The zero-order chi connectivity index (χ0) is 11.4. The number of carbonyl (C=O) groups excluding carboxylic acids is 1. The fourth-order valence-electron chi connectivity index (χ4n) is 1.02. The molecule has 0 spiro atoms. The minimum absolute atomic E-state index is 0.258. The van der Waals surface area contributed by atoms with Crippen molar-refractivity contribution < 1.29 is 9.18 Å². The monoisotopic (exact) mass is 274 g/mol. The maximum Gasteiger partial charge on any atom is 0.236 e. The van der Waals surface area contributed by atoms with E-state index in [1.165, 1.54) is 12.1 Å². The van der Waals surface area contributed by atoms with Crippen LogP contribution in [0.15, 0.2) is 22.7 Å². The van der Waals surface area contributed by atoms with Crippen LogP contribution in [0.4, 0.5) is 4.39 Å². The number of halogens is 2. The van der Waals surface area contributed by atoms with Crippen molar-refractivity contribution >= 4 is 21.8 Å². The van der Waals surface area contributed by atoms with Gasteiger partial charge < -0.3 is 11.1 Å². The van der Waals surface area contributed by atoms with Crippen LogP contribution in [0.5, 0.6) is 0 Å². The van der Waals surface area contributed by atoms with Gasteiger partial charge in [-0.05, 0) is 30.7 Å². The molecule has 0 aromatic heterocycles. The van der Waals surface area contributed by atoms with Crippen molar-refractivity contribution in [1.29, 1.82) is 0 Å². The van der Waals surface area contributed by atoms with Crippen molar-refractivity contribution in [3.05, 3.63) is 34.1 Å². The molecule has 3 N–H and O–H groups in total. The lowest BCUT2D eigenvalue weighted by Crippen LogP contribution is -2.37. The van der Waals surface area contributed by atoms with Crippen LogP contribution in [0.2, 0.25) is 0 Å². The van der Waals surface area contributed by atoms with Crippen LogP contribution < -0.4 is 11.1 Å². The molecule has 5 heteroatoms. The quantitative estimate of drug-likeness (QED) is 0.879. The SMILES string of the molecule is CC(N)C(=O)NCc1cc(F)ccc1Br. The zero-order valence-electron chi connectivity index (χ0n) is 8.26. The van der Waals surface area contributed by atoms with Crippen molar-refractivity contribution in [2.45, 2.75) is 19.5 Å². The second-order valence-corrected chi connectivity index (χ2v) is 4.10. The first-order chi connectivity index (χ1) is 7.00. The van der Waals surface area contributed by atoms with Gasteiger partial charge in [0.2, 0.25) is 5.91 Å². The van der Waals surface area contributed by atoms with Gasteiger partial charge in [0.25, 0.3) is 0 Å². The average molecular weight is 275 g/mol. The molecule has 0 bridgehead atoms. The Labute approximate surface area is 96.0 Å². The van der Waals surface area contributed by atoms with E-state index in [9.17, 15) is 9.18 Å². The average Bonchev–Trinajstić information content (AvgIpc) is 2.18. The predicted molar refractivity (Wildman–Crippen MR) is 59.6 cm³/mol.